The molecule has 2 heterocycles. The molecule has 2 fully saturated rings. The summed E-state index contributed by atoms with van der Waals surface area (Å²) in [6.45, 7) is 12.7. The van der Waals surface area contributed by atoms with E-state index < -0.39 is 11.7 Å². The van der Waals surface area contributed by atoms with Crippen LogP contribution < -0.4 is 16.0 Å². The zero-order chi connectivity index (χ0) is 28.2. The van der Waals surface area contributed by atoms with Crippen molar-refractivity contribution in [2.75, 3.05) is 61.8 Å². The minimum atomic E-state index is -4.50. The molecule has 214 valence electrons. The summed E-state index contributed by atoms with van der Waals surface area (Å²) in [7, 11) is 0. The number of carbonyl (C=O) groups is 1. The Hall–Kier alpha value is -2.94. The number of nitrogens with zero attached hydrogens (tertiary/aromatic N) is 3. The van der Waals surface area contributed by atoms with E-state index in [0.717, 1.165) is 51.6 Å². The lowest BCUT2D eigenvalue weighted by atomic mass is 9.87. The van der Waals surface area contributed by atoms with Crippen LogP contribution in [0.15, 0.2) is 42.5 Å². The molecule has 2 aromatic rings. The van der Waals surface area contributed by atoms with E-state index in [1.165, 1.54) is 17.3 Å². The van der Waals surface area contributed by atoms with Gasteiger partial charge in [0.05, 0.1) is 5.56 Å². The Morgan fingerprint density at radius 1 is 1.00 bits per heavy atom. The Morgan fingerprint density at radius 2 is 1.74 bits per heavy atom. The first-order chi connectivity index (χ1) is 18.4. The molecule has 0 bridgehead atoms. The van der Waals surface area contributed by atoms with Crippen LogP contribution in [0.5, 0.6) is 0 Å². The summed E-state index contributed by atoms with van der Waals surface area (Å²) in [5, 5.41) is 3.15. The highest BCUT2D eigenvalue weighted by molar-refractivity contribution is 5.76. The molecule has 0 radical (unpaired) electrons. The first-order valence-corrected chi connectivity index (χ1v) is 14.0. The number of carbonyl (C=O) groups excluding carboxylic acids is 1. The minimum absolute atomic E-state index is 0.0762. The predicted molar refractivity (Wildman–Crippen MR) is 152 cm³/mol. The van der Waals surface area contributed by atoms with Gasteiger partial charge in [-0.1, -0.05) is 32.9 Å². The van der Waals surface area contributed by atoms with Gasteiger partial charge in [0.2, 0.25) is 5.91 Å². The average Bonchev–Trinajstić information content (AvgIpc) is 3.21. The van der Waals surface area contributed by atoms with Crippen molar-refractivity contribution in [1.82, 2.24) is 9.80 Å². The molecule has 9 heteroatoms. The van der Waals surface area contributed by atoms with Gasteiger partial charge in [0.1, 0.15) is 0 Å². The largest absolute Gasteiger partial charge is 0.418 e. The van der Waals surface area contributed by atoms with Gasteiger partial charge >= 0.3 is 6.18 Å². The van der Waals surface area contributed by atoms with Crippen molar-refractivity contribution in [2.45, 2.75) is 64.1 Å². The number of halogens is 3. The standard InChI is InChI=1S/C30H42F3N5O/c1-29(2,3)22-7-10-25(11-8-22)37-16-5-15-36(18-19-37)14-4-6-28(39)38-17-13-24(21-38)35-23-9-12-27(34)26(20-23)30(31,32)33/h7-12,20,24,35H,4-6,13-19,21,34H2,1-3H3/t24-/m0/s1. The molecule has 2 aliphatic heterocycles. The van der Waals surface area contributed by atoms with Gasteiger partial charge in [0.15, 0.2) is 0 Å². The lowest BCUT2D eigenvalue weighted by Crippen LogP contribution is -2.33. The molecule has 1 amide bonds. The molecular weight excluding hydrogens is 503 g/mol. The number of hydrogen-bond donors (Lipinski definition) is 2. The van der Waals surface area contributed by atoms with Crippen LogP contribution in [0, 0.1) is 0 Å². The van der Waals surface area contributed by atoms with Gasteiger partial charge < -0.3 is 25.8 Å². The van der Waals surface area contributed by atoms with Gasteiger partial charge in [0, 0.05) is 62.2 Å². The normalized spacial score (nSPS) is 19.3. The van der Waals surface area contributed by atoms with Gasteiger partial charge in [-0.25, -0.2) is 0 Å². The highest BCUT2D eigenvalue weighted by atomic mass is 19.4. The summed E-state index contributed by atoms with van der Waals surface area (Å²) >= 11 is 0. The molecule has 2 aromatic carbocycles. The zero-order valence-electron chi connectivity index (χ0n) is 23.4. The summed E-state index contributed by atoms with van der Waals surface area (Å²) in [6, 6.07) is 12.7. The first kappa shape index (κ1) is 29.1. The monoisotopic (exact) mass is 545 g/mol. The summed E-state index contributed by atoms with van der Waals surface area (Å²) in [5.41, 5.74) is 7.50. The molecule has 39 heavy (non-hydrogen) atoms. The summed E-state index contributed by atoms with van der Waals surface area (Å²) < 4.78 is 39.5. The molecule has 0 unspecified atom stereocenters. The van der Waals surface area contributed by atoms with Crippen LogP contribution in [0.1, 0.15) is 57.6 Å². The topological polar surface area (TPSA) is 64.8 Å². The zero-order valence-corrected chi connectivity index (χ0v) is 23.4. The van der Waals surface area contributed by atoms with E-state index in [-0.39, 0.29) is 23.1 Å². The average molecular weight is 546 g/mol. The Labute approximate surface area is 230 Å². The Bertz CT molecular complexity index is 1110. The maximum atomic E-state index is 13.2. The van der Waals surface area contributed by atoms with Gasteiger partial charge in [-0.2, -0.15) is 13.2 Å². The van der Waals surface area contributed by atoms with Crippen molar-refractivity contribution >= 4 is 23.0 Å². The summed E-state index contributed by atoms with van der Waals surface area (Å²) in [5.74, 6) is 0.114. The quantitative estimate of drug-likeness (QED) is 0.444. The molecule has 3 N–H and O–H groups in total. The van der Waals surface area contributed by atoms with Crippen molar-refractivity contribution in [3.05, 3.63) is 53.6 Å². The van der Waals surface area contributed by atoms with Crippen molar-refractivity contribution in [1.29, 1.82) is 0 Å². The number of alkyl halides is 3. The summed E-state index contributed by atoms with van der Waals surface area (Å²) in [4.78, 5) is 19.5. The minimum Gasteiger partial charge on any atom is -0.398 e. The molecule has 0 aliphatic carbocycles. The number of likely N-dealkylation sites (tertiary alicyclic amines) is 1. The number of benzene rings is 2. The smallest absolute Gasteiger partial charge is 0.398 e. The molecular formula is C30H42F3N5O. The lowest BCUT2D eigenvalue weighted by Gasteiger charge is -2.25. The number of rotatable bonds is 7. The summed E-state index contributed by atoms with van der Waals surface area (Å²) in [6.07, 6.45) is -1.41. The molecule has 1 atom stereocenters. The number of nitrogen functional groups attached to an aromatic ring is 1. The highest BCUT2D eigenvalue weighted by Gasteiger charge is 2.33. The lowest BCUT2D eigenvalue weighted by molar-refractivity contribution is -0.137. The molecule has 4 rings (SSSR count). The Balaban J connectivity index is 1.19. The van der Waals surface area contributed by atoms with Crippen LogP contribution in [-0.2, 0) is 16.4 Å². The number of nitrogens with one attached hydrogen (secondary N) is 1. The van der Waals surface area contributed by atoms with E-state index in [4.69, 9.17) is 5.73 Å². The number of nitrogens with two attached hydrogens (primary N) is 1. The van der Waals surface area contributed by atoms with E-state index in [0.29, 0.717) is 31.6 Å². The highest BCUT2D eigenvalue weighted by Crippen LogP contribution is 2.35. The van der Waals surface area contributed by atoms with Gasteiger partial charge in [-0.3, -0.25) is 4.79 Å². The SMILES string of the molecule is CC(C)(C)c1ccc(N2CCCN(CCCC(=O)N3CC[C@H](Nc4ccc(N)c(C(F)(F)F)c4)C3)CC2)cc1. The van der Waals surface area contributed by atoms with Gasteiger partial charge in [0.25, 0.3) is 0 Å². The number of hydrogen-bond acceptors (Lipinski definition) is 5. The fraction of sp³-hybridized carbons (Fsp3) is 0.567. The van der Waals surface area contributed by atoms with Crippen LogP contribution in [0.3, 0.4) is 0 Å². The molecule has 2 aliphatic rings. The van der Waals surface area contributed by atoms with Crippen molar-refractivity contribution < 1.29 is 18.0 Å². The second-order valence-corrected chi connectivity index (χ2v) is 11.9. The number of amides is 1. The second kappa shape index (κ2) is 12.1. The van der Waals surface area contributed by atoms with E-state index >= 15 is 0 Å². The van der Waals surface area contributed by atoms with Gasteiger partial charge in [-0.15, -0.1) is 0 Å². The van der Waals surface area contributed by atoms with E-state index in [2.05, 4.69) is 60.2 Å². The van der Waals surface area contributed by atoms with E-state index in [1.54, 1.807) is 6.07 Å². The third-order valence-electron chi connectivity index (χ3n) is 7.82. The van der Waals surface area contributed by atoms with Crippen molar-refractivity contribution in [3.8, 4) is 0 Å². The third-order valence-corrected chi connectivity index (χ3v) is 7.82. The van der Waals surface area contributed by atoms with Crippen LogP contribution in [0.2, 0.25) is 0 Å². The van der Waals surface area contributed by atoms with E-state index in [1.807, 2.05) is 4.90 Å². The van der Waals surface area contributed by atoms with E-state index in [9.17, 15) is 18.0 Å². The van der Waals surface area contributed by atoms with Crippen molar-refractivity contribution in [2.24, 2.45) is 0 Å². The maximum Gasteiger partial charge on any atom is 0.418 e. The molecule has 0 spiro atoms. The molecule has 0 saturated carbocycles. The molecule has 2 saturated heterocycles. The fourth-order valence-corrected chi connectivity index (χ4v) is 5.47. The van der Waals surface area contributed by atoms with Gasteiger partial charge in [-0.05, 0) is 73.7 Å². The maximum absolute atomic E-state index is 13.2. The molecule has 6 nitrogen and oxygen atoms in total. The Morgan fingerprint density at radius 3 is 2.44 bits per heavy atom. The van der Waals surface area contributed by atoms with Crippen LogP contribution in [0.4, 0.5) is 30.2 Å². The Kier molecular flexibility index (Phi) is 8.99. The fourth-order valence-electron chi connectivity index (χ4n) is 5.47. The van der Waals surface area contributed by atoms with Crippen LogP contribution in [0.25, 0.3) is 0 Å². The second-order valence-electron chi connectivity index (χ2n) is 11.9. The third kappa shape index (κ3) is 7.81. The molecule has 0 aromatic heterocycles. The van der Waals surface area contributed by atoms with Crippen LogP contribution >= 0.6 is 0 Å². The predicted octanol–water partition coefficient (Wildman–Crippen LogP) is 5.59. The van der Waals surface area contributed by atoms with Crippen LogP contribution in [-0.4, -0.2) is 67.6 Å². The first-order valence-electron chi connectivity index (χ1n) is 14.0. The van der Waals surface area contributed by atoms with Crippen molar-refractivity contribution in [3.63, 3.8) is 0 Å². The number of anilines is 3.